The van der Waals surface area contributed by atoms with E-state index in [-0.39, 0.29) is 169 Å². The van der Waals surface area contributed by atoms with E-state index in [4.69, 9.17) is 5.73 Å². The Balaban J connectivity index is 0.0000188. The summed E-state index contributed by atoms with van der Waals surface area (Å²) in [4.78, 5) is 151. The summed E-state index contributed by atoms with van der Waals surface area (Å²) >= 11 is 0. The van der Waals surface area contributed by atoms with Crippen LogP contribution in [0.4, 0.5) is 0 Å². The first kappa shape index (κ1) is 78.8. The smallest absolute Gasteiger partial charge is 0.317 e. The van der Waals surface area contributed by atoms with Gasteiger partial charge in [-0.05, 0) is 80.8 Å². The van der Waals surface area contributed by atoms with Gasteiger partial charge >= 0.3 is 29.8 Å². The van der Waals surface area contributed by atoms with Gasteiger partial charge in [-0.3, -0.25) is 81.8 Å². The second kappa shape index (κ2) is 39.9. The summed E-state index contributed by atoms with van der Waals surface area (Å²) in [7, 11) is 0. The van der Waals surface area contributed by atoms with E-state index in [0.29, 0.717) is 63.4 Å². The number of aromatic nitrogens is 3. The van der Waals surface area contributed by atoms with Crippen LogP contribution >= 0.6 is 0 Å². The van der Waals surface area contributed by atoms with Crippen LogP contribution in [-0.4, -0.2) is 288 Å². The topological polar surface area (TPSA) is 466 Å². The molecule has 2 aliphatic rings. The molecular formula is C60H89LuN15O18. The number of carbonyl (C=O) groups excluding carboxylic acids is 6. The number of nitrogens with zero attached hydrogens (tertiary/aromatic N) is 9. The van der Waals surface area contributed by atoms with Crippen LogP contribution in [0.5, 0.6) is 11.5 Å². The molecular weight excluding hydrogens is 1390 g/mol. The molecule has 33 nitrogen and oxygen atoms in total. The van der Waals surface area contributed by atoms with E-state index in [9.17, 15) is 88.5 Å². The number of aliphatic carboxylic acids is 5. The Labute approximate surface area is 572 Å². The average molecular weight is 1480 g/mol. The number of carboxylic acid groups (broad SMARTS) is 5. The first-order chi connectivity index (χ1) is 44.2. The van der Waals surface area contributed by atoms with Crippen LogP contribution in [0, 0.1) is 36.9 Å². The first-order valence-electron chi connectivity index (χ1n) is 31.0. The van der Waals surface area contributed by atoms with Crippen molar-refractivity contribution in [3.05, 3.63) is 53.3 Å². The number of amides is 6. The van der Waals surface area contributed by atoms with Crippen molar-refractivity contribution in [2.24, 2.45) is 5.73 Å². The summed E-state index contributed by atoms with van der Waals surface area (Å²) in [5, 5.41) is 90.8. The zero-order valence-electron chi connectivity index (χ0n) is 53.1. The summed E-state index contributed by atoms with van der Waals surface area (Å²) in [6.45, 7) is 7.46. The molecule has 3 heterocycles. The van der Waals surface area contributed by atoms with Crippen molar-refractivity contribution in [1.82, 2.24) is 70.7 Å². The number of unbranched alkanes of at least 4 members (excludes halogenated alkanes) is 1. The second-order valence-corrected chi connectivity index (χ2v) is 23.2. The standard InChI is InChI=1S/C60H89N15O18.Lu/c1-4-62-60(93)56-68-67-55(42-31-41(38(2)3)46(76)32-47(42)77)75(56)40-10-8-39(9-11-40)33-69-27-29-74(30-28-69)49(79)16-18-63-57(90)44(12-14-50(80)81)65-59(92)45(13-15-51(82)83)66-58(91)43(7-5-6-17-61)64-48(78)34-70-19-21-71(35-52(84)85)23-25-73(37-54(88)89)26-24-72(22-20-70)36-53(86)87;/h8-11,31-32,38,43-45,76-77H,4-7,12-30,33-37,61H2,1-3H3,(H,62,93)(H,63,90)(H,64,78)(H,65,92)(H,66,91)(H,80,81)(H,82,83)(H,84,85)(H,86,87)(H,88,89);/t43-,44-,45-;/m1./s1. The molecule has 6 amide bonds. The van der Waals surface area contributed by atoms with E-state index < -0.39 is 116 Å². The van der Waals surface area contributed by atoms with Gasteiger partial charge in [-0.25, -0.2) is 0 Å². The molecule has 0 bridgehead atoms. The minimum absolute atomic E-state index is 0. The number of nitrogens with two attached hydrogens (primary N) is 1. The summed E-state index contributed by atoms with van der Waals surface area (Å²) in [5.74, 6) is -10.6. The Hall–Kier alpha value is -7.66. The van der Waals surface area contributed by atoms with Crippen molar-refractivity contribution in [1.29, 1.82) is 0 Å². The quantitative estimate of drug-likeness (QED) is 0.0292. The predicted octanol–water partition coefficient (Wildman–Crippen LogP) is -1.84. The van der Waals surface area contributed by atoms with Crippen LogP contribution in [0.1, 0.15) is 99.8 Å². The van der Waals surface area contributed by atoms with E-state index >= 15 is 0 Å². The molecule has 2 aromatic carbocycles. The Morgan fingerprint density at radius 2 is 1.02 bits per heavy atom. The third kappa shape index (κ3) is 26.3. The molecule has 14 N–H and O–H groups in total. The number of phenolic OH excluding ortho intramolecular Hbond substituents is 2. The van der Waals surface area contributed by atoms with Gasteiger partial charge in [0, 0.05) is 166 Å². The number of benzene rings is 2. The molecule has 0 unspecified atom stereocenters. The Morgan fingerprint density at radius 1 is 0.543 bits per heavy atom. The van der Waals surface area contributed by atoms with E-state index in [1.165, 1.54) is 10.6 Å². The van der Waals surface area contributed by atoms with Crippen LogP contribution in [0.25, 0.3) is 17.1 Å². The van der Waals surface area contributed by atoms with Crippen molar-refractivity contribution in [3.63, 3.8) is 0 Å². The maximum atomic E-state index is 14.1. The fraction of sp³-hybridized carbons (Fsp3) is 0.583. The molecule has 2 aliphatic heterocycles. The largest absolute Gasteiger partial charge is 0.508 e. The van der Waals surface area contributed by atoms with Gasteiger partial charge in [-0.15, -0.1) is 10.2 Å². The average Bonchev–Trinajstić information content (AvgIpc) is 1.57. The van der Waals surface area contributed by atoms with Crippen molar-refractivity contribution in [3.8, 4) is 28.6 Å². The third-order valence-corrected chi connectivity index (χ3v) is 15.7. The van der Waals surface area contributed by atoms with Gasteiger partial charge in [0.2, 0.25) is 35.4 Å². The molecule has 34 heteroatoms. The van der Waals surface area contributed by atoms with E-state index in [1.807, 2.05) is 26.0 Å². The maximum Gasteiger partial charge on any atom is 0.317 e. The van der Waals surface area contributed by atoms with Crippen molar-refractivity contribution < 1.29 is 125 Å². The van der Waals surface area contributed by atoms with E-state index in [2.05, 4.69) is 41.7 Å². The van der Waals surface area contributed by atoms with Crippen LogP contribution in [-0.2, 0) is 54.5 Å². The van der Waals surface area contributed by atoms with Gasteiger partial charge < -0.3 is 73.0 Å². The van der Waals surface area contributed by atoms with Crippen LogP contribution in [0.2, 0.25) is 0 Å². The molecule has 3 aromatic rings. The number of phenols is 2. The summed E-state index contributed by atoms with van der Waals surface area (Å²) in [5.41, 5.74) is 8.01. The maximum absolute atomic E-state index is 14.1. The molecule has 94 heavy (non-hydrogen) atoms. The zero-order valence-corrected chi connectivity index (χ0v) is 54.7. The predicted molar refractivity (Wildman–Crippen MR) is 333 cm³/mol. The van der Waals surface area contributed by atoms with Gasteiger partial charge in [0.1, 0.15) is 29.6 Å². The van der Waals surface area contributed by atoms with Crippen molar-refractivity contribution in [2.75, 3.05) is 124 Å². The van der Waals surface area contributed by atoms with Crippen molar-refractivity contribution >= 4 is 65.3 Å². The molecule has 0 saturated carbocycles. The Bertz CT molecular complexity index is 3040. The van der Waals surface area contributed by atoms with Gasteiger partial charge in [-0.1, -0.05) is 26.0 Å². The molecule has 3 atom stereocenters. The van der Waals surface area contributed by atoms with E-state index in [0.717, 1.165) is 5.56 Å². The molecule has 1 radical (unpaired) electrons. The number of carbonyl (C=O) groups is 11. The Morgan fingerprint density at radius 3 is 1.49 bits per heavy atom. The fourth-order valence-electron chi connectivity index (χ4n) is 10.7. The van der Waals surface area contributed by atoms with Crippen LogP contribution in [0.15, 0.2) is 36.4 Å². The molecule has 5 rings (SSSR count). The SMILES string of the molecule is CCNC(=O)c1nnc(-c2cc(C(C)C)c(O)cc2O)n1-c1ccc(CN2CCN(C(=O)CCNC(=O)[C@@H](CCC(=O)O)NC(=O)[C@@H](CCC(=O)O)NC(=O)[C@@H](CCCCN)NC(=O)CN3CCN(CC(=O)O)CCN(CC(=O)O)CCN(CC(=O)O)CC3)CC2)cc1.[Lu]. The monoisotopic (exact) mass is 1480 g/mol. The number of hydrogen-bond donors (Lipinski definition) is 13. The van der Waals surface area contributed by atoms with Crippen molar-refractivity contribution in [2.45, 2.75) is 103 Å². The number of carboxylic acids is 5. The molecule has 0 spiro atoms. The zero-order chi connectivity index (χ0) is 68.3. The second-order valence-electron chi connectivity index (χ2n) is 23.2. The van der Waals surface area contributed by atoms with Gasteiger partial charge in [-0.2, -0.15) is 0 Å². The number of nitrogens with one attached hydrogen (secondary N) is 5. The molecule has 527 valence electrons. The van der Waals surface area contributed by atoms with Crippen LogP contribution < -0.4 is 32.3 Å². The molecule has 2 fully saturated rings. The molecule has 0 aliphatic carbocycles. The Kier molecular flexibility index (Phi) is 33.4. The minimum Gasteiger partial charge on any atom is -0.508 e. The number of piperazine rings is 1. The number of aromatic hydroxyl groups is 2. The minimum atomic E-state index is -1.63. The molecule has 1 aromatic heterocycles. The van der Waals surface area contributed by atoms with Crippen LogP contribution in [0.3, 0.4) is 0 Å². The third-order valence-electron chi connectivity index (χ3n) is 15.7. The summed E-state index contributed by atoms with van der Waals surface area (Å²) in [6, 6.07) is 5.69. The first-order valence-corrected chi connectivity index (χ1v) is 31.0. The van der Waals surface area contributed by atoms with Gasteiger partial charge in [0.25, 0.3) is 5.91 Å². The van der Waals surface area contributed by atoms with Gasteiger partial charge in [0.05, 0.1) is 31.7 Å². The number of rotatable bonds is 34. The summed E-state index contributed by atoms with van der Waals surface area (Å²) in [6.07, 6.45) is -1.63. The number of hydrogen-bond acceptors (Lipinski definition) is 21. The van der Waals surface area contributed by atoms with Gasteiger partial charge in [0.15, 0.2) is 5.82 Å². The normalized spacial score (nSPS) is 15.8. The molecule has 2 saturated heterocycles. The summed E-state index contributed by atoms with van der Waals surface area (Å²) < 4.78 is 1.53. The van der Waals surface area contributed by atoms with E-state index in [1.54, 1.807) is 49.6 Å². The fourth-order valence-corrected chi connectivity index (χ4v) is 10.7.